The van der Waals surface area contributed by atoms with Crippen LogP contribution >= 0.6 is 11.6 Å². The van der Waals surface area contributed by atoms with E-state index in [4.69, 9.17) is 11.6 Å². The molecule has 0 radical (unpaired) electrons. The van der Waals surface area contributed by atoms with Crippen LogP contribution in [0.25, 0.3) is 0 Å². The van der Waals surface area contributed by atoms with E-state index in [2.05, 4.69) is 17.2 Å². The molecule has 106 valence electrons. The largest absolute Gasteiger partial charge is 0.370 e. The summed E-state index contributed by atoms with van der Waals surface area (Å²) in [6.07, 6.45) is 3.54. The van der Waals surface area contributed by atoms with Crippen molar-refractivity contribution in [3.05, 3.63) is 22.8 Å². The first kappa shape index (κ1) is 15.8. The summed E-state index contributed by atoms with van der Waals surface area (Å²) in [5.74, 6) is 0.610. The number of anilines is 1. The van der Waals surface area contributed by atoms with Crippen molar-refractivity contribution >= 4 is 23.3 Å². The van der Waals surface area contributed by atoms with E-state index in [-0.39, 0.29) is 11.9 Å². The van der Waals surface area contributed by atoms with Gasteiger partial charge in [-0.15, -0.1) is 0 Å². The number of hydrogen-bond acceptors (Lipinski definition) is 3. The summed E-state index contributed by atoms with van der Waals surface area (Å²) in [6.45, 7) is 6.89. The number of amides is 1. The minimum absolute atomic E-state index is 0.0625. The van der Waals surface area contributed by atoms with E-state index in [1.54, 1.807) is 11.0 Å². The molecule has 1 atom stereocenters. The summed E-state index contributed by atoms with van der Waals surface area (Å²) in [6, 6.07) is 1.91. The Morgan fingerprint density at radius 3 is 2.79 bits per heavy atom. The van der Waals surface area contributed by atoms with E-state index >= 15 is 0 Å². The number of nitrogens with one attached hydrogen (secondary N) is 1. The SMILES string of the molecule is CCCC(C)N(C)C(=O)c1cc(NCC)ncc1Cl. The molecule has 1 amide bonds. The van der Waals surface area contributed by atoms with Crippen LogP contribution in [0.2, 0.25) is 5.02 Å². The molecule has 4 nitrogen and oxygen atoms in total. The first-order valence-corrected chi connectivity index (χ1v) is 7.05. The van der Waals surface area contributed by atoms with Crippen LogP contribution in [0.4, 0.5) is 5.82 Å². The monoisotopic (exact) mass is 283 g/mol. The molecule has 5 heteroatoms. The molecule has 1 unspecified atom stereocenters. The second-order valence-electron chi connectivity index (χ2n) is 4.63. The standard InChI is InChI=1S/C14H22ClN3O/c1-5-7-10(3)18(4)14(19)11-8-13(16-6-2)17-9-12(11)15/h8-10H,5-7H2,1-4H3,(H,16,17). The van der Waals surface area contributed by atoms with Gasteiger partial charge in [0, 0.05) is 25.8 Å². The van der Waals surface area contributed by atoms with E-state index < -0.39 is 0 Å². The first-order valence-electron chi connectivity index (χ1n) is 6.67. The number of carbonyl (C=O) groups is 1. The van der Waals surface area contributed by atoms with Crippen LogP contribution in [0.5, 0.6) is 0 Å². The Labute approximate surface area is 120 Å². The number of carbonyl (C=O) groups excluding carboxylic acids is 1. The fourth-order valence-electron chi connectivity index (χ4n) is 1.88. The molecule has 0 fully saturated rings. The first-order chi connectivity index (χ1) is 9.01. The van der Waals surface area contributed by atoms with Crippen molar-refractivity contribution in [3.8, 4) is 0 Å². The lowest BCUT2D eigenvalue weighted by Gasteiger charge is -2.25. The zero-order chi connectivity index (χ0) is 14.4. The minimum atomic E-state index is -0.0625. The van der Waals surface area contributed by atoms with Gasteiger partial charge >= 0.3 is 0 Å². The molecule has 1 heterocycles. The minimum Gasteiger partial charge on any atom is -0.370 e. The quantitative estimate of drug-likeness (QED) is 0.870. The topological polar surface area (TPSA) is 45.2 Å². The summed E-state index contributed by atoms with van der Waals surface area (Å²) in [5, 5.41) is 3.47. The number of pyridine rings is 1. The summed E-state index contributed by atoms with van der Waals surface area (Å²) in [5.41, 5.74) is 0.498. The number of nitrogens with zero attached hydrogens (tertiary/aromatic N) is 2. The summed E-state index contributed by atoms with van der Waals surface area (Å²) in [4.78, 5) is 18.3. The maximum Gasteiger partial charge on any atom is 0.255 e. The van der Waals surface area contributed by atoms with Crippen LogP contribution in [0.1, 0.15) is 44.0 Å². The Morgan fingerprint density at radius 2 is 2.21 bits per heavy atom. The van der Waals surface area contributed by atoms with E-state index in [0.29, 0.717) is 16.4 Å². The molecule has 1 rings (SSSR count). The molecule has 0 aliphatic rings. The molecule has 0 saturated carbocycles. The molecular weight excluding hydrogens is 262 g/mol. The predicted octanol–water partition coefficient (Wildman–Crippen LogP) is 3.43. The molecule has 0 saturated heterocycles. The number of hydrogen-bond donors (Lipinski definition) is 1. The third kappa shape index (κ3) is 4.10. The lowest BCUT2D eigenvalue weighted by atomic mass is 10.1. The number of rotatable bonds is 6. The van der Waals surface area contributed by atoms with E-state index in [9.17, 15) is 4.79 Å². The third-order valence-corrected chi connectivity index (χ3v) is 3.43. The molecule has 0 spiro atoms. The van der Waals surface area contributed by atoms with Crippen LogP contribution < -0.4 is 5.32 Å². The molecule has 0 aliphatic carbocycles. The van der Waals surface area contributed by atoms with Gasteiger partial charge < -0.3 is 10.2 Å². The number of halogens is 1. The third-order valence-electron chi connectivity index (χ3n) is 3.13. The highest BCUT2D eigenvalue weighted by atomic mass is 35.5. The Hall–Kier alpha value is -1.29. The second kappa shape index (κ2) is 7.34. The summed E-state index contributed by atoms with van der Waals surface area (Å²) in [7, 11) is 1.81. The van der Waals surface area contributed by atoms with Crippen LogP contribution in [-0.2, 0) is 0 Å². The highest BCUT2D eigenvalue weighted by molar-refractivity contribution is 6.33. The number of aromatic nitrogens is 1. The van der Waals surface area contributed by atoms with E-state index in [1.807, 2.05) is 20.9 Å². The lowest BCUT2D eigenvalue weighted by molar-refractivity contribution is 0.0737. The van der Waals surface area contributed by atoms with E-state index in [1.165, 1.54) is 6.20 Å². The zero-order valence-electron chi connectivity index (χ0n) is 12.0. The Bertz CT molecular complexity index is 437. The highest BCUT2D eigenvalue weighted by Crippen LogP contribution is 2.21. The van der Waals surface area contributed by atoms with Crippen molar-refractivity contribution in [2.24, 2.45) is 0 Å². The summed E-state index contributed by atoms with van der Waals surface area (Å²) < 4.78 is 0. The van der Waals surface area contributed by atoms with Gasteiger partial charge in [0.05, 0.1) is 10.6 Å². The zero-order valence-corrected chi connectivity index (χ0v) is 12.8. The summed E-state index contributed by atoms with van der Waals surface area (Å²) >= 11 is 6.08. The van der Waals surface area contributed by atoms with Gasteiger partial charge in [0.1, 0.15) is 5.82 Å². The van der Waals surface area contributed by atoms with Gasteiger partial charge in [0.25, 0.3) is 5.91 Å². The second-order valence-corrected chi connectivity index (χ2v) is 5.04. The van der Waals surface area contributed by atoms with Crippen molar-refractivity contribution < 1.29 is 4.79 Å². The van der Waals surface area contributed by atoms with Crippen LogP contribution in [0.3, 0.4) is 0 Å². The highest BCUT2D eigenvalue weighted by Gasteiger charge is 2.20. The molecule has 1 aromatic rings. The van der Waals surface area contributed by atoms with Crippen molar-refractivity contribution in [2.75, 3.05) is 18.9 Å². The van der Waals surface area contributed by atoms with Gasteiger partial charge in [-0.25, -0.2) is 4.98 Å². The van der Waals surface area contributed by atoms with Crippen LogP contribution in [0, 0.1) is 0 Å². The van der Waals surface area contributed by atoms with Gasteiger partial charge in [-0.1, -0.05) is 24.9 Å². The molecular formula is C14H22ClN3O. The van der Waals surface area contributed by atoms with Crippen LogP contribution in [-0.4, -0.2) is 35.4 Å². The van der Waals surface area contributed by atoms with Gasteiger partial charge in [-0.3, -0.25) is 4.79 Å². The fraction of sp³-hybridized carbons (Fsp3) is 0.571. The average Bonchev–Trinajstić information content (AvgIpc) is 2.40. The van der Waals surface area contributed by atoms with E-state index in [0.717, 1.165) is 19.4 Å². The maximum absolute atomic E-state index is 12.4. The Balaban J connectivity index is 2.94. The van der Waals surface area contributed by atoms with Gasteiger partial charge in [0.15, 0.2) is 0 Å². The van der Waals surface area contributed by atoms with Crippen molar-refractivity contribution in [1.29, 1.82) is 0 Å². The predicted molar refractivity (Wildman–Crippen MR) is 79.9 cm³/mol. The lowest BCUT2D eigenvalue weighted by Crippen LogP contribution is -2.35. The molecule has 19 heavy (non-hydrogen) atoms. The van der Waals surface area contributed by atoms with Crippen molar-refractivity contribution in [2.45, 2.75) is 39.7 Å². The average molecular weight is 284 g/mol. The van der Waals surface area contributed by atoms with Gasteiger partial charge in [0.2, 0.25) is 0 Å². The molecule has 0 aliphatic heterocycles. The molecule has 0 bridgehead atoms. The Morgan fingerprint density at radius 1 is 1.53 bits per heavy atom. The molecule has 0 aromatic carbocycles. The smallest absolute Gasteiger partial charge is 0.255 e. The van der Waals surface area contributed by atoms with Crippen molar-refractivity contribution in [1.82, 2.24) is 9.88 Å². The van der Waals surface area contributed by atoms with Gasteiger partial charge in [-0.05, 0) is 26.3 Å². The van der Waals surface area contributed by atoms with Gasteiger partial charge in [-0.2, -0.15) is 0 Å². The fourth-order valence-corrected chi connectivity index (χ4v) is 2.07. The van der Waals surface area contributed by atoms with Crippen molar-refractivity contribution in [3.63, 3.8) is 0 Å². The molecule has 1 aromatic heterocycles. The normalized spacial score (nSPS) is 12.1. The maximum atomic E-state index is 12.4. The molecule has 1 N–H and O–H groups in total. The Kier molecular flexibility index (Phi) is 6.09. The van der Waals surface area contributed by atoms with Crippen LogP contribution in [0.15, 0.2) is 12.3 Å².